The van der Waals surface area contributed by atoms with Crippen LogP contribution < -0.4 is 15.5 Å². The van der Waals surface area contributed by atoms with Crippen LogP contribution in [-0.4, -0.2) is 71.7 Å². The maximum absolute atomic E-state index is 15.0. The molecule has 0 bridgehead atoms. The molecule has 8 nitrogen and oxygen atoms in total. The van der Waals surface area contributed by atoms with E-state index in [4.69, 9.17) is 17.0 Å². The Morgan fingerprint density at radius 2 is 1.66 bits per heavy atom. The van der Waals surface area contributed by atoms with Gasteiger partial charge in [0.25, 0.3) is 0 Å². The van der Waals surface area contributed by atoms with Crippen molar-refractivity contribution in [3.8, 4) is 0 Å². The topological polar surface area (TPSA) is 77.2 Å². The van der Waals surface area contributed by atoms with Crippen LogP contribution in [-0.2, 0) is 20.9 Å². The maximum Gasteiger partial charge on any atom is 0.250 e. The summed E-state index contributed by atoms with van der Waals surface area (Å²) in [5.41, 5.74) is 2.07. The smallest absolute Gasteiger partial charge is 0.250 e. The average Bonchev–Trinajstić information content (AvgIpc) is 3.69. The molecule has 0 radical (unpaired) electrons. The van der Waals surface area contributed by atoms with Gasteiger partial charge in [-0.05, 0) is 61.0 Å². The van der Waals surface area contributed by atoms with Crippen LogP contribution in [0.5, 0.6) is 0 Å². The van der Waals surface area contributed by atoms with E-state index in [1.54, 1.807) is 23.1 Å². The molecule has 3 fully saturated rings. The number of thiocarbonyl (C=S) groups is 1. The molecule has 2 N–H and O–H groups in total. The zero-order valence-electron chi connectivity index (χ0n) is 24.7. The number of rotatable bonds is 9. The summed E-state index contributed by atoms with van der Waals surface area (Å²) < 4.78 is 20.4. The van der Waals surface area contributed by atoms with Crippen molar-refractivity contribution in [1.29, 1.82) is 0 Å². The largest absolute Gasteiger partial charge is 0.378 e. The minimum Gasteiger partial charge on any atom is -0.378 e. The van der Waals surface area contributed by atoms with Crippen LogP contribution in [0.15, 0.2) is 78.9 Å². The zero-order valence-corrected chi connectivity index (χ0v) is 25.5. The van der Waals surface area contributed by atoms with Crippen LogP contribution in [0.3, 0.4) is 0 Å². The summed E-state index contributed by atoms with van der Waals surface area (Å²) in [6, 6.07) is 24.2. The summed E-state index contributed by atoms with van der Waals surface area (Å²) >= 11 is 5.63. The van der Waals surface area contributed by atoms with E-state index in [1.165, 1.54) is 6.07 Å². The van der Waals surface area contributed by atoms with Gasteiger partial charge in [0.2, 0.25) is 11.8 Å². The van der Waals surface area contributed by atoms with E-state index in [1.807, 2.05) is 59.5 Å². The Hall–Kier alpha value is -4.02. The molecule has 0 spiro atoms. The first-order chi connectivity index (χ1) is 21.4. The predicted molar refractivity (Wildman–Crippen MR) is 173 cm³/mol. The second kappa shape index (κ2) is 13.3. The van der Waals surface area contributed by atoms with E-state index in [-0.39, 0.29) is 30.9 Å². The fourth-order valence-electron chi connectivity index (χ4n) is 6.53. The van der Waals surface area contributed by atoms with Gasteiger partial charge in [-0.25, -0.2) is 4.39 Å². The summed E-state index contributed by atoms with van der Waals surface area (Å²) in [6.45, 7) is 3.54. The van der Waals surface area contributed by atoms with Gasteiger partial charge in [0.1, 0.15) is 11.4 Å². The Balaban J connectivity index is 1.24. The lowest BCUT2D eigenvalue weighted by Gasteiger charge is -2.41. The first-order valence-electron chi connectivity index (χ1n) is 15.3. The van der Waals surface area contributed by atoms with Gasteiger partial charge in [0, 0.05) is 43.1 Å². The van der Waals surface area contributed by atoms with E-state index >= 15 is 0 Å². The van der Waals surface area contributed by atoms with Crippen LogP contribution in [0.2, 0.25) is 0 Å². The number of ether oxygens (including phenoxy) is 1. The molecule has 3 aromatic rings. The Labute approximate surface area is 263 Å². The van der Waals surface area contributed by atoms with Crippen LogP contribution in [0.1, 0.15) is 42.9 Å². The van der Waals surface area contributed by atoms with Gasteiger partial charge in [0.05, 0.1) is 25.8 Å². The highest BCUT2D eigenvalue weighted by atomic mass is 32.1. The molecule has 3 aromatic carbocycles. The monoisotopic (exact) mass is 615 g/mol. The second-order valence-electron chi connectivity index (χ2n) is 11.7. The molecule has 0 aromatic heterocycles. The van der Waals surface area contributed by atoms with Crippen LogP contribution in [0, 0.1) is 5.82 Å². The lowest BCUT2D eigenvalue weighted by Crippen LogP contribution is -2.59. The summed E-state index contributed by atoms with van der Waals surface area (Å²) in [4.78, 5) is 34.2. The number of carbonyl (C=O) groups is 2. The number of anilines is 2. The molecule has 44 heavy (non-hydrogen) atoms. The number of morpholine rings is 1. The van der Waals surface area contributed by atoms with Crippen molar-refractivity contribution in [2.24, 2.45) is 0 Å². The van der Waals surface area contributed by atoms with E-state index in [0.29, 0.717) is 49.0 Å². The third kappa shape index (κ3) is 6.42. The Morgan fingerprint density at radius 1 is 0.977 bits per heavy atom. The van der Waals surface area contributed by atoms with E-state index in [2.05, 4.69) is 15.5 Å². The zero-order chi connectivity index (χ0) is 30.5. The quantitative estimate of drug-likeness (QED) is 0.333. The lowest BCUT2D eigenvalue weighted by molar-refractivity contribution is -0.146. The normalized spacial score (nSPS) is 19.5. The Kier molecular flexibility index (Phi) is 9.09. The number of halogens is 1. The van der Waals surface area contributed by atoms with Gasteiger partial charge in [-0.2, -0.15) is 0 Å². The van der Waals surface area contributed by atoms with Crippen molar-refractivity contribution in [3.63, 3.8) is 0 Å². The highest BCUT2D eigenvalue weighted by Crippen LogP contribution is 2.38. The van der Waals surface area contributed by atoms with Crippen molar-refractivity contribution in [2.45, 2.75) is 43.8 Å². The molecule has 230 valence electrons. The van der Waals surface area contributed by atoms with Crippen LogP contribution in [0.25, 0.3) is 0 Å². The molecule has 2 heterocycles. The third-order valence-electron chi connectivity index (χ3n) is 8.97. The molecule has 1 saturated carbocycles. The van der Waals surface area contributed by atoms with Gasteiger partial charge in [-0.3, -0.25) is 9.59 Å². The molecular weight excluding hydrogens is 577 g/mol. The molecule has 2 aliphatic heterocycles. The van der Waals surface area contributed by atoms with Gasteiger partial charge in [-0.1, -0.05) is 61.4 Å². The standard InChI is InChI=1S/C34H38FN5O3S/c35-29-11-5-4-10-26(29)22-40(31(41)24-39-23-30(37-33(39)44)25-8-2-1-3-9-25)34(16-6-7-17-34)32(42)36-27-12-14-28(15-13-27)38-18-20-43-21-19-38/h1-5,8-15,30H,6-7,16-24H2,(H,36,42)(H,37,44). The summed E-state index contributed by atoms with van der Waals surface area (Å²) in [5.74, 6) is -0.908. The highest BCUT2D eigenvalue weighted by Gasteiger charge is 2.49. The minimum atomic E-state index is -1.12. The fraction of sp³-hybridized carbons (Fsp3) is 0.382. The molecule has 6 rings (SSSR count). The maximum atomic E-state index is 15.0. The summed E-state index contributed by atoms with van der Waals surface area (Å²) in [6.07, 6.45) is 2.59. The summed E-state index contributed by atoms with van der Waals surface area (Å²) in [5, 5.41) is 6.91. The highest BCUT2D eigenvalue weighted by molar-refractivity contribution is 7.80. The minimum absolute atomic E-state index is 0.00705. The number of carbonyl (C=O) groups excluding carboxylic acids is 2. The first-order valence-corrected chi connectivity index (χ1v) is 15.7. The fourth-order valence-corrected chi connectivity index (χ4v) is 6.81. The number of nitrogens with one attached hydrogen (secondary N) is 2. The average molecular weight is 616 g/mol. The molecule has 1 aliphatic carbocycles. The van der Waals surface area contributed by atoms with Gasteiger partial charge in [-0.15, -0.1) is 0 Å². The van der Waals surface area contributed by atoms with Gasteiger partial charge in [0.15, 0.2) is 5.11 Å². The molecular formula is C34H38FN5O3S. The third-order valence-corrected chi connectivity index (χ3v) is 9.35. The molecule has 2 amide bonds. The van der Waals surface area contributed by atoms with Crippen molar-refractivity contribution in [1.82, 2.24) is 15.1 Å². The molecule has 2 saturated heterocycles. The van der Waals surface area contributed by atoms with E-state index < -0.39 is 11.4 Å². The van der Waals surface area contributed by atoms with Crippen molar-refractivity contribution >= 4 is 40.5 Å². The predicted octanol–water partition coefficient (Wildman–Crippen LogP) is 4.87. The number of nitrogens with zero attached hydrogens (tertiary/aromatic N) is 3. The van der Waals surface area contributed by atoms with Crippen molar-refractivity contribution < 1.29 is 18.7 Å². The van der Waals surface area contributed by atoms with Gasteiger partial charge >= 0.3 is 0 Å². The molecule has 10 heteroatoms. The Bertz CT molecular complexity index is 1480. The second-order valence-corrected chi connectivity index (χ2v) is 12.1. The van der Waals surface area contributed by atoms with Gasteiger partial charge < -0.3 is 30.1 Å². The number of hydrogen-bond acceptors (Lipinski definition) is 5. The molecule has 1 atom stereocenters. The lowest BCUT2D eigenvalue weighted by atomic mass is 9.92. The Morgan fingerprint density at radius 3 is 2.36 bits per heavy atom. The van der Waals surface area contributed by atoms with Crippen LogP contribution >= 0.6 is 12.2 Å². The van der Waals surface area contributed by atoms with Crippen molar-refractivity contribution in [3.05, 3.63) is 95.8 Å². The van der Waals surface area contributed by atoms with Crippen LogP contribution in [0.4, 0.5) is 15.8 Å². The SMILES string of the molecule is O=C(CN1CC(c2ccccc2)NC1=S)N(Cc1ccccc1F)C1(C(=O)Nc2ccc(N3CCOCC3)cc2)CCCC1. The molecule has 1 unspecified atom stereocenters. The van der Waals surface area contributed by atoms with E-state index in [9.17, 15) is 14.0 Å². The molecule has 3 aliphatic rings. The number of hydrogen-bond donors (Lipinski definition) is 2. The number of amides is 2. The van der Waals surface area contributed by atoms with Crippen molar-refractivity contribution in [2.75, 3.05) is 49.6 Å². The number of benzene rings is 3. The summed E-state index contributed by atoms with van der Waals surface area (Å²) in [7, 11) is 0. The van der Waals surface area contributed by atoms with E-state index in [0.717, 1.165) is 37.2 Å². The first kappa shape index (κ1) is 30.0.